The largest absolute Gasteiger partial charge is 0.342 e. The first-order valence-corrected chi connectivity index (χ1v) is 10.5. The second kappa shape index (κ2) is 7.63. The molecule has 2 aliphatic heterocycles. The van der Waals surface area contributed by atoms with Gasteiger partial charge in [0.1, 0.15) is 5.82 Å². The molecule has 5 nitrogen and oxygen atoms in total. The molecule has 0 aliphatic carbocycles. The number of H-pyrrole nitrogens is 1. The summed E-state index contributed by atoms with van der Waals surface area (Å²) < 4.78 is 0. The predicted octanol–water partition coefficient (Wildman–Crippen LogP) is 3.62. The SMILES string of the molecule is Cc1cc2nc(C3CCN(CC(=O)N4CCC[C@@H](C)C4)CC3)[nH]c2cc1C. The molecular formula is C22H32N4O. The molecule has 0 spiro atoms. The van der Waals surface area contributed by atoms with Crippen molar-refractivity contribution in [1.29, 1.82) is 0 Å². The van der Waals surface area contributed by atoms with Crippen LogP contribution in [0.1, 0.15) is 55.5 Å². The zero-order valence-corrected chi connectivity index (χ0v) is 16.9. The summed E-state index contributed by atoms with van der Waals surface area (Å²) in [6.45, 7) is 11.0. The average Bonchev–Trinajstić information content (AvgIpc) is 3.05. The van der Waals surface area contributed by atoms with Gasteiger partial charge in [0.25, 0.3) is 0 Å². The molecule has 3 heterocycles. The molecule has 1 N–H and O–H groups in total. The molecule has 0 unspecified atom stereocenters. The minimum Gasteiger partial charge on any atom is -0.342 e. The number of piperidine rings is 2. The van der Waals surface area contributed by atoms with Gasteiger partial charge in [0.15, 0.2) is 0 Å². The second-order valence-corrected chi connectivity index (χ2v) is 8.71. The molecule has 27 heavy (non-hydrogen) atoms. The topological polar surface area (TPSA) is 52.2 Å². The maximum absolute atomic E-state index is 12.6. The number of likely N-dealkylation sites (tertiary alicyclic amines) is 2. The normalized spacial score (nSPS) is 22.5. The number of imidazole rings is 1. The number of nitrogens with one attached hydrogen (secondary N) is 1. The standard InChI is InChI=1S/C22H32N4O/c1-15-5-4-8-26(13-15)21(27)14-25-9-6-18(7-10-25)22-23-19-11-16(2)17(3)12-20(19)24-22/h11-12,15,18H,4-10,13-14H2,1-3H3,(H,23,24)/t15-/m1/s1. The molecule has 2 aliphatic rings. The Morgan fingerprint density at radius 1 is 1.15 bits per heavy atom. The van der Waals surface area contributed by atoms with Crippen LogP contribution in [0.3, 0.4) is 0 Å². The first-order chi connectivity index (χ1) is 13.0. The summed E-state index contributed by atoms with van der Waals surface area (Å²) >= 11 is 0. The van der Waals surface area contributed by atoms with Crippen LogP contribution >= 0.6 is 0 Å². The number of aryl methyl sites for hydroxylation is 2. The number of aromatic nitrogens is 2. The van der Waals surface area contributed by atoms with Crippen LogP contribution in [0, 0.1) is 19.8 Å². The van der Waals surface area contributed by atoms with Crippen LogP contribution in [-0.2, 0) is 4.79 Å². The molecule has 4 rings (SSSR count). The van der Waals surface area contributed by atoms with Gasteiger partial charge in [0, 0.05) is 19.0 Å². The van der Waals surface area contributed by atoms with Crippen LogP contribution in [0.2, 0.25) is 0 Å². The maximum Gasteiger partial charge on any atom is 0.236 e. The van der Waals surface area contributed by atoms with Gasteiger partial charge in [0.05, 0.1) is 17.6 Å². The van der Waals surface area contributed by atoms with Gasteiger partial charge in [-0.05, 0) is 81.8 Å². The first kappa shape index (κ1) is 18.5. The molecule has 0 radical (unpaired) electrons. The van der Waals surface area contributed by atoms with Gasteiger partial charge in [-0.1, -0.05) is 6.92 Å². The zero-order chi connectivity index (χ0) is 19.0. The van der Waals surface area contributed by atoms with Crippen molar-refractivity contribution in [3.8, 4) is 0 Å². The maximum atomic E-state index is 12.6. The van der Waals surface area contributed by atoms with Crippen LogP contribution in [-0.4, -0.2) is 58.4 Å². The Morgan fingerprint density at radius 2 is 1.89 bits per heavy atom. The fourth-order valence-electron chi connectivity index (χ4n) is 4.55. The van der Waals surface area contributed by atoms with Crippen molar-refractivity contribution in [1.82, 2.24) is 19.8 Å². The Balaban J connectivity index is 1.34. The van der Waals surface area contributed by atoms with Gasteiger partial charge < -0.3 is 9.88 Å². The quantitative estimate of drug-likeness (QED) is 0.900. The average molecular weight is 369 g/mol. The third kappa shape index (κ3) is 4.03. The number of hydrogen-bond donors (Lipinski definition) is 1. The van der Waals surface area contributed by atoms with Crippen LogP contribution in [0.5, 0.6) is 0 Å². The second-order valence-electron chi connectivity index (χ2n) is 8.71. The molecule has 2 saturated heterocycles. The lowest BCUT2D eigenvalue weighted by Gasteiger charge is -2.35. The molecule has 1 aromatic carbocycles. The van der Waals surface area contributed by atoms with Gasteiger partial charge in [-0.15, -0.1) is 0 Å². The van der Waals surface area contributed by atoms with E-state index in [9.17, 15) is 4.79 Å². The number of amides is 1. The Morgan fingerprint density at radius 3 is 2.63 bits per heavy atom. The van der Waals surface area contributed by atoms with Crippen molar-refractivity contribution >= 4 is 16.9 Å². The molecule has 0 saturated carbocycles. The summed E-state index contributed by atoms with van der Waals surface area (Å²) in [5, 5.41) is 0. The monoisotopic (exact) mass is 368 g/mol. The van der Waals surface area contributed by atoms with E-state index in [0.29, 0.717) is 24.3 Å². The van der Waals surface area contributed by atoms with Gasteiger partial charge in [-0.25, -0.2) is 4.98 Å². The van der Waals surface area contributed by atoms with Gasteiger partial charge in [0.2, 0.25) is 5.91 Å². The van der Waals surface area contributed by atoms with E-state index in [1.807, 2.05) is 0 Å². The van der Waals surface area contributed by atoms with E-state index in [2.05, 4.69) is 47.7 Å². The third-order valence-electron chi connectivity index (χ3n) is 6.46. The van der Waals surface area contributed by atoms with Crippen molar-refractivity contribution in [2.45, 2.75) is 52.4 Å². The van der Waals surface area contributed by atoms with Crippen molar-refractivity contribution in [2.24, 2.45) is 5.92 Å². The number of carbonyl (C=O) groups excluding carboxylic acids is 1. The molecule has 1 amide bonds. The van der Waals surface area contributed by atoms with Crippen LogP contribution in [0.4, 0.5) is 0 Å². The minimum absolute atomic E-state index is 0.315. The molecule has 2 aromatic rings. The smallest absolute Gasteiger partial charge is 0.236 e. The van der Waals surface area contributed by atoms with E-state index in [4.69, 9.17) is 4.98 Å². The highest BCUT2D eigenvalue weighted by Gasteiger charge is 2.27. The lowest BCUT2D eigenvalue weighted by molar-refractivity contribution is -0.134. The fraction of sp³-hybridized carbons (Fsp3) is 0.636. The lowest BCUT2D eigenvalue weighted by atomic mass is 9.96. The summed E-state index contributed by atoms with van der Waals surface area (Å²) in [6.07, 6.45) is 4.55. The Labute approximate surface area is 162 Å². The fourth-order valence-corrected chi connectivity index (χ4v) is 4.55. The molecule has 5 heteroatoms. The van der Waals surface area contributed by atoms with Crippen molar-refractivity contribution < 1.29 is 4.79 Å². The number of nitrogens with zero attached hydrogens (tertiary/aromatic N) is 3. The van der Waals surface area contributed by atoms with E-state index in [1.165, 1.54) is 17.5 Å². The number of hydrogen-bond acceptors (Lipinski definition) is 3. The summed E-state index contributed by atoms with van der Waals surface area (Å²) in [4.78, 5) is 25.4. The van der Waals surface area contributed by atoms with Gasteiger partial charge in [-0.3, -0.25) is 9.69 Å². The number of carbonyl (C=O) groups is 1. The van der Waals surface area contributed by atoms with Crippen molar-refractivity contribution in [3.05, 3.63) is 29.1 Å². The van der Waals surface area contributed by atoms with Crippen LogP contribution in [0.15, 0.2) is 12.1 Å². The summed E-state index contributed by atoms with van der Waals surface area (Å²) in [6, 6.07) is 4.38. The highest BCUT2D eigenvalue weighted by atomic mass is 16.2. The van der Waals surface area contributed by atoms with Crippen LogP contribution < -0.4 is 0 Å². The van der Waals surface area contributed by atoms with E-state index in [-0.39, 0.29) is 0 Å². The number of benzene rings is 1. The minimum atomic E-state index is 0.315. The number of fused-ring (bicyclic) bond motifs is 1. The lowest BCUT2D eigenvalue weighted by Crippen LogP contribution is -2.46. The Hall–Kier alpha value is -1.88. The zero-order valence-electron chi connectivity index (χ0n) is 16.9. The van der Waals surface area contributed by atoms with Gasteiger partial charge >= 0.3 is 0 Å². The van der Waals surface area contributed by atoms with Gasteiger partial charge in [-0.2, -0.15) is 0 Å². The number of aromatic amines is 1. The van der Waals surface area contributed by atoms with E-state index in [1.54, 1.807) is 0 Å². The highest BCUT2D eigenvalue weighted by molar-refractivity contribution is 5.78. The Bertz CT molecular complexity index is 780. The van der Waals surface area contributed by atoms with Crippen molar-refractivity contribution in [3.63, 3.8) is 0 Å². The van der Waals surface area contributed by atoms with Crippen molar-refractivity contribution in [2.75, 3.05) is 32.7 Å². The molecule has 2 fully saturated rings. The first-order valence-electron chi connectivity index (χ1n) is 10.5. The molecule has 1 atom stereocenters. The predicted molar refractivity (Wildman–Crippen MR) is 109 cm³/mol. The Kier molecular flexibility index (Phi) is 5.22. The highest BCUT2D eigenvalue weighted by Crippen LogP contribution is 2.28. The molecule has 1 aromatic heterocycles. The third-order valence-corrected chi connectivity index (χ3v) is 6.46. The molecular weight excluding hydrogens is 336 g/mol. The summed E-state index contributed by atoms with van der Waals surface area (Å²) in [7, 11) is 0. The summed E-state index contributed by atoms with van der Waals surface area (Å²) in [5.41, 5.74) is 4.81. The van der Waals surface area contributed by atoms with E-state index in [0.717, 1.165) is 62.3 Å². The van der Waals surface area contributed by atoms with Crippen LogP contribution in [0.25, 0.3) is 11.0 Å². The molecule has 0 bridgehead atoms. The number of rotatable bonds is 3. The van der Waals surface area contributed by atoms with E-state index < -0.39 is 0 Å². The summed E-state index contributed by atoms with van der Waals surface area (Å²) in [5.74, 6) is 2.55. The molecule has 146 valence electrons. The van der Waals surface area contributed by atoms with E-state index >= 15 is 0 Å².